The summed E-state index contributed by atoms with van der Waals surface area (Å²) in [5.74, 6) is 1.08. The summed E-state index contributed by atoms with van der Waals surface area (Å²) in [4.78, 5) is 11.4. The molecule has 0 bridgehead atoms. The fraction of sp³-hybridized carbons (Fsp3) is 0.417. The van der Waals surface area contributed by atoms with Crippen molar-refractivity contribution in [2.24, 2.45) is 0 Å². The van der Waals surface area contributed by atoms with Gasteiger partial charge in [-0.05, 0) is 18.2 Å². The van der Waals surface area contributed by atoms with Crippen LogP contribution in [-0.4, -0.2) is 35.2 Å². The molecule has 0 spiro atoms. The van der Waals surface area contributed by atoms with Crippen molar-refractivity contribution >= 4 is 28.1 Å². The van der Waals surface area contributed by atoms with Crippen molar-refractivity contribution in [3.63, 3.8) is 0 Å². The highest BCUT2D eigenvalue weighted by Crippen LogP contribution is 2.19. The van der Waals surface area contributed by atoms with Crippen LogP contribution in [0.25, 0.3) is 0 Å². The van der Waals surface area contributed by atoms with Crippen LogP contribution in [0, 0.1) is 0 Å². The Morgan fingerprint density at radius 3 is 2.72 bits per heavy atom. The van der Waals surface area contributed by atoms with Crippen molar-refractivity contribution in [1.82, 2.24) is 5.32 Å². The van der Waals surface area contributed by atoms with E-state index < -0.39 is 10.8 Å². The van der Waals surface area contributed by atoms with Crippen molar-refractivity contribution in [1.29, 1.82) is 0 Å². The van der Waals surface area contributed by atoms with Crippen LogP contribution >= 0.6 is 0 Å². The summed E-state index contributed by atoms with van der Waals surface area (Å²) in [6.07, 6.45) is 0. The zero-order valence-corrected chi connectivity index (χ0v) is 11.5. The van der Waals surface area contributed by atoms with E-state index in [2.05, 4.69) is 10.6 Å². The Morgan fingerprint density at radius 1 is 1.44 bits per heavy atom. The van der Waals surface area contributed by atoms with Gasteiger partial charge in [0.2, 0.25) is 0 Å². The van der Waals surface area contributed by atoms with Gasteiger partial charge in [0.25, 0.3) is 5.91 Å². The number of hydrogen-bond acceptors (Lipinski definition) is 4. The third-order valence-electron chi connectivity index (χ3n) is 2.51. The number of nitrogen functional groups attached to an aromatic ring is 1. The minimum absolute atomic E-state index is 0.166. The number of nitrogens with one attached hydrogen (secondary N) is 2. The zero-order chi connectivity index (χ0) is 13.5. The summed E-state index contributed by atoms with van der Waals surface area (Å²) < 4.78 is 11.3. The molecular formula is C12H19N3O2S. The predicted octanol–water partition coefficient (Wildman–Crippen LogP) is 0.809. The van der Waals surface area contributed by atoms with E-state index in [9.17, 15) is 9.00 Å². The van der Waals surface area contributed by atoms with Crippen LogP contribution < -0.4 is 16.4 Å². The van der Waals surface area contributed by atoms with Gasteiger partial charge in [-0.25, -0.2) is 0 Å². The van der Waals surface area contributed by atoms with Crippen LogP contribution in [0.15, 0.2) is 18.2 Å². The Bertz CT molecular complexity index is 449. The Hall–Kier alpha value is -1.56. The molecule has 5 nitrogen and oxygen atoms in total. The number of hydrogen-bond donors (Lipinski definition) is 3. The van der Waals surface area contributed by atoms with Crippen LogP contribution in [0.3, 0.4) is 0 Å². The van der Waals surface area contributed by atoms with Gasteiger partial charge < -0.3 is 16.4 Å². The molecule has 0 aliphatic heterocycles. The molecule has 1 aromatic carbocycles. The fourth-order valence-corrected chi connectivity index (χ4v) is 2.07. The second-order valence-corrected chi connectivity index (χ2v) is 5.61. The van der Waals surface area contributed by atoms with Crippen molar-refractivity contribution in [3.8, 4) is 0 Å². The smallest absolute Gasteiger partial charge is 0.251 e. The van der Waals surface area contributed by atoms with Gasteiger partial charge in [-0.15, -0.1) is 0 Å². The summed E-state index contributed by atoms with van der Waals surface area (Å²) in [6, 6.07) is 5.08. The standard InChI is InChI=1S/C12H19N3O2S/c1-3-18(17)7-6-15-11-5-4-9(8-10(11)13)12(16)14-2/h4-5,8,15H,3,6-7,13H2,1-2H3,(H,14,16). The molecule has 1 rings (SSSR count). The molecule has 100 valence electrons. The minimum atomic E-state index is -0.788. The van der Waals surface area contributed by atoms with E-state index in [1.165, 1.54) is 0 Å². The molecule has 0 aliphatic carbocycles. The van der Waals surface area contributed by atoms with Gasteiger partial charge in [-0.3, -0.25) is 9.00 Å². The Labute approximate surface area is 110 Å². The summed E-state index contributed by atoms with van der Waals surface area (Å²) in [7, 11) is 0.786. The molecule has 18 heavy (non-hydrogen) atoms. The highest BCUT2D eigenvalue weighted by molar-refractivity contribution is 7.84. The molecule has 0 fully saturated rings. The number of amides is 1. The van der Waals surface area contributed by atoms with Crippen molar-refractivity contribution in [3.05, 3.63) is 23.8 Å². The molecule has 1 aromatic rings. The maximum absolute atomic E-state index is 11.4. The highest BCUT2D eigenvalue weighted by Gasteiger charge is 2.06. The average Bonchev–Trinajstić information content (AvgIpc) is 2.39. The fourth-order valence-electron chi connectivity index (χ4n) is 1.45. The Morgan fingerprint density at radius 2 is 2.17 bits per heavy atom. The van der Waals surface area contributed by atoms with Crippen LogP contribution in [0.1, 0.15) is 17.3 Å². The Balaban J connectivity index is 2.63. The SMILES string of the molecule is CCS(=O)CCNc1ccc(C(=O)NC)cc1N. The van der Waals surface area contributed by atoms with Gasteiger partial charge in [0, 0.05) is 41.5 Å². The molecule has 0 aromatic heterocycles. The molecule has 1 atom stereocenters. The van der Waals surface area contributed by atoms with Gasteiger partial charge in [0.05, 0.1) is 11.4 Å². The van der Waals surface area contributed by atoms with Crippen LogP contribution in [0.2, 0.25) is 0 Å². The van der Waals surface area contributed by atoms with Gasteiger partial charge in [-0.2, -0.15) is 0 Å². The number of carbonyl (C=O) groups is 1. The number of nitrogens with two attached hydrogens (primary N) is 1. The number of rotatable bonds is 6. The maximum atomic E-state index is 11.4. The molecule has 0 radical (unpaired) electrons. The number of carbonyl (C=O) groups excluding carboxylic acids is 1. The first-order valence-electron chi connectivity index (χ1n) is 5.79. The monoisotopic (exact) mass is 269 g/mol. The lowest BCUT2D eigenvalue weighted by Crippen LogP contribution is -2.18. The molecule has 1 unspecified atom stereocenters. The molecule has 6 heteroatoms. The average molecular weight is 269 g/mol. The van der Waals surface area contributed by atoms with Crippen LogP contribution in [-0.2, 0) is 10.8 Å². The van der Waals surface area contributed by atoms with E-state index in [0.29, 0.717) is 29.3 Å². The lowest BCUT2D eigenvalue weighted by molar-refractivity contribution is 0.0963. The van der Waals surface area contributed by atoms with E-state index in [0.717, 1.165) is 5.69 Å². The second-order valence-electron chi connectivity index (χ2n) is 3.74. The lowest BCUT2D eigenvalue weighted by Gasteiger charge is -2.10. The summed E-state index contributed by atoms with van der Waals surface area (Å²) in [6.45, 7) is 2.49. The zero-order valence-electron chi connectivity index (χ0n) is 10.7. The van der Waals surface area contributed by atoms with Gasteiger partial charge in [0.15, 0.2) is 0 Å². The first kappa shape index (κ1) is 14.5. The van der Waals surface area contributed by atoms with Gasteiger partial charge in [0.1, 0.15) is 0 Å². The van der Waals surface area contributed by atoms with E-state index in [4.69, 9.17) is 5.73 Å². The topological polar surface area (TPSA) is 84.2 Å². The van der Waals surface area contributed by atoms with Gasteiger partial charge >= 0.3 is 0 Å². The molecule has 4 N–H and O–H groups in total. The van der Waals surface area contributed by atoms with Crippen LogP contribution in [0.4, 0.5) is 11.4 Å². The largest absolute Gasteiger partial charge is 0.397 e. The number of anilines is 2. The minimum Gasteiger partial charge on any atom is -0.397 e. The molecule has 1 amide bonds. The maximum Gasteiger partial charge on any atom is 0.251 e. The quantitative estimate of drug-likeness (QED) is 0.667. The molecule has 0 saturated heterocycles. The second kappa shape index (κ2) is 7.00. The first-order valence-corrected chi connectivity index (χ1v) is 7.27. The van der Waals surface area contributed by atoms with Crippen molar-refractivity contribution in [2.45, 2.75) is 6.92 Å². The predicted molar refractivity (Wildman–Crippen MR) is 76.3 cm³/mol. The van der Waals surface area contributed by atoms with Crippen molar-refractivity contribution in [2.75, 3.05) is 36.1 Å². The van der Waals surface area contributed by atoms with E-state index in [1.54, 1.807) is 25.2 Å². The highest BCUT2D eigenvalue weighted by atomic mass is 32.2. The first-order chi connectivity index (χ1) is 8.58. The third-order valence-corrected chi connectivity index (χ3v) is 3.81. The molecule has 0 aliphatic rings. The van der Waals surface area contributed by atoms with Crippen molar-refractivity contribution < 1.29 is 9.00 Å². The summed E-state index contributed by atoms with van der Waals surface area (Å²) >= 11 is 0. The van der Waals surface area contributed by atoms with Crippen LogP contribution in [0.5, 0.6) is 0 Å². The molecular weight excluding hydrogens is 250 g/mol. The molecule has 0 saturated carbocycles. The van der Waals surface area contributed by atoms with E-state index in [1.807, 2.05) is 6.92 Å². The summed E-state index contributed by atoms with van der Waals surface area (Å²) in [5.41, 5.74) is 7.64. The van der Waals surface area contributed by atoms with Gasteiger partial charge in [-0.1, -0.05) is 6.92 Å². The molecule has 0 heterocycles. The number of benzene rings is 1. The lowest BCUT2D eigenvalue weighted by atomic mass is 10.1. The normalized spacial score (nSPS) is 11.9. The summed E-state index contributed by atoms with van der Waals surface area (Å²) in [5, 5.41) is 5.65. The third kappa shape index (κ3) is 4.03. The van der Waals surface area contributed by atoms with E-state index in [-0.39, 0.29) is 5.91 Å². The van der Waals surface area contributed by atoms with E-state index >= 15 is 0 Å². The Kier molecular flexibility index (Phi) is 5.64.